The van der Waals surface area contributed by atoms with Crippen LogP contribution >= 0.6 is 23.2 Å². The quantitative estimate of drug-likeness (QED) is 0.348. The van der Waals surface area contributed by atoms with Gasteiger partial charge in [-0.1, -0.05) is 35.3 Å². The van der Waals surface area contributed by atoms with Crippen LogP contribution in [-0.2, 0) is 13.0 Å². The molecule has 32 heavy (non-hydrogen) atoms. The third-order valence-electron chi connectivity index (χ3n) is 5.10. The van der Waals surface area contributed by atoms with Crippen LogP contribution in [0.1, 0.15) is 27.6 Å². The van der Waals surface area contributed by atoms with Gasteiger partial charge in [0, 0.05) is 41.8 Å². The van der Waals surface area contributed by atoms with E-state index < -0.39 is 11.7 Å². The van der Waals surface area contributed by atoms with E-state index in [0.29, 0.717) is 33.8 Å². The van der Waals surface area contributed by atoms with Gasteiger partial charge in [-0.2, -0.15) is 0 Å². The first kappa shape index (κ1) is 20.5. The Bertz CT molecular complexity index is 1480. The number of amides is 1. The number of nitrogens with one attached hydrogen (secondary N) is 2. The molecule has 0 fully saturated rings. The fourth-order valence-electron chi connectivity index (χ4n) is 3.52. The molecule has 0 unspecified atom stereocenters. The van der Waals surface area contributed by atoms with Crippen molar-refractivity contribution in [3.63, 3.8) is 0 Å². The number of nitrogens with zero attached hydrogens (tertiary/aromatic N) is 2. The average Bonchev–Trinajstić information content (AvgIpc) is 3.40. The molecule has 160 valence electrons. The highest BCUT2D eigenvalue weighted by Crippen LogP contribution is 2.28. The number of aromatic amines is 1. The van der Waals surface area contributed by atoms with E-state index in [1.165, 1.54) is 12.4 Å². The van der Waals surface area contributed by atoms with E-state index in [1.807, 2.05) is 24.3 Å². The highest BCUT2D eigenvalue weighted by Gasteiger charge is 2.16. The Morgan fingerprint density at radius 1 is 1.12 bits per heavy atom. The monoisotopic (exact) mass is 468 g/mol. The van der Waals surface area contributed by atoms with Gasteiger partial charge in [0.25, 0.3) is 5.91 Å². The van der Waals surface area contributed by atoms with E-state index in [4.69, 9.17) is 27.6 Å². The Labute approximate surface area is 191 Å². The number of pyridine rings is 1. The Hall–Kier alpha value is -3.42. The molecule has 0 bridgehead atoms. The number of fused-ring (bicyclic) bond motifs is 2. The summed E-state index contributed by atoms with van der Waals surface area (Å²) in [5.74, 6) is -0.529. The lowest BCUT2D eigenvalue weighted by atomic mass is 10.1. The van der Waals surface area contributed by atoms with E-state index in [9.17, 15) is 9.18 Å². The molecule has 0 aliphatic rings. The number of H-pyrrole nitrogens is 1. The lowest BCUT2D eigenvalue weighted by Gasteiger charge is -2.06. The number of rotatable bonds is 5. The molecule has 0 saturated carbocycles. The SMILES string of the molecule is O=C(NCc1ccc2[nH]cc(Cl)c2c1F)c1cnc(Cc2ccc3ncc(Cl)cc3c2)o1. The fourth-order valence-corrected chi connectivity index (χ4v) is 3.93. The largest absolute Gasteiger partial charge is 0.435 e. The number of oxazole rings is 1. The van der Waals surface area contributed by atoms with Crippen molar-refractivity contribution < 1.29 is 13.6 Å². The Balaban J connectivity index is 1.28. The summed E-state index contributed by atoms with van der Waals surface area (Å²) in [5.41, 5.74) is 2.68. The number of aromatic nitrogens is 3. The highest BCUT2D eigenvalue weighted by molar-refractivity contribution is 6.35. The van der Waals surface area contributed by atoms with Gasteiger partial charge in [0.05, 0.1) is 27.1 Å². The summed E-state index contributed by atoms with van der Waals surface area (Å²) in [7, 11) is 0. The van der Waals surface area contributed by atoms with Crippen LogP contribution in [0.3, 0.4) is 0 Å². The number of hydrogen-bond acceptors (Lipinski definition) is 4. The van der Waals surface area contributed by atoms with Crippen LogP contribution in [0.4, 0.5) is 4.39 Å². The van der Waals surface area contributed by atoms with E-state index in [2.05, 4.69) is 20.3 Å². The molecule has 0 spiro atoms. The summed E-state index contributed by atoms with van der Waals surface area (Å²) >= 11 is 12.0. The van der Waals surface area contributed by atoms with Gasteiger partial charge in [-0.15, -0.1) is 0 Å². The topological polar surface area (TPSA) is 83.8 Å². The average molecular weight is 469 g/mol. The summed E-state index contributed by atoms with van der Waals surface area (Å²) in [4.78, 5) is 23.8. The summed E-state index contributed by atoms with van der Waals surface area (Å²) in [6.07, 6.45) is 4.87. The zero-order valence-electron chi connectivity index (χ0n) is 16.5. The molecule has 1 amide bonds. The lowest BCUT2D eigenvalue weighted by molar-refractivity contribution is 0.0921. The minimum Gasteiger partial charge on any atom is -0.435 e. The first-order valence-corrected chi connectivity index (χ1v) is 10.4. The van der Waals surface area contributed by atoms with Crippen molar-refractivity contribution in [2.45, 2.75) is 13.0 Å². The van der Waals surface area contributed by atoms with Gasteiger partial charge in [-0.3, -0.25) is 9.78 Å². The minimum atomic E-state index is -0.488. The number of carbonyl (C=O) groups is 1. The van der Waals surface area contributed by atoms with Crippen molar-refractivity contribution in [2.75, 3.05) is 0 Å². The molecular weight excluding hydrogens is 454 g/mol. The lowest BCUT2D eigenvalue weighted by Crippen LogP contribution is -2.22. The predicted molar refractivity (Wildman–Crippen MR) is 120 cm³/mol. The molecule has 2 aromatic carbocycles. The van der Waals surface area contributed by atoms with Gasteiger partial charge in [-0.25, -0.2) is 9.37 Å². The van der Waals surface area contributed by atoms with Crippen molar-refractivity contribution in [2.24, 2.45) is 0 Å². The molecule has 0 radical (unpaired) electrons. The van der Waals surface area contributed by atoms with Crippen molar-refractivity contribution >= 4 is 50.9 Å². The second-order valence-corrected chi connectivity index (χ2v) is 8.10. The van der Waals surface area contributed by atoms with E-state index in [1.54, 1.807) is 18.3 Å². The van der Waals surface area contributed by atoms with E-state index in [-0.39, 0.29) is 17.3 Å². The smallest absolute Gasteiger partial charge is 0.288 e. The number of benzene rings is 2. The zero-order chi connectivity index (χ0) is 22.2. The van der Waals surface area contributed by atoms with Crippen molar-refractivity contribution in [1.82, 2.24) is 20.3 Å². The van der Waals surface area contributed by atoms with Crippen molar-refractivity contribution in [3.05, 3.63) is 93.6 Å². The van der Waals surface area contributed by atoms with Gasteiger partial charge in [-0.05, 0) is 29.8 Å². The molecule has 6 nitrogen and oxygen atoms in total. The second-order valence-electron chi connectivity index (χ2n) is 7.26. The van der Waals surface area contributed by atoms with Crippen molar-refractivity contribution in [1.29, 1.82) is 0 Å². The molecule has 3 heterocycles. The van der Waals surface area contributed by atoms with E-state index >= 15 is 0 Å². The first-order chi connectivity index (χ1) is 15.5. The summed E-state index contributed by atoms with van der Waals surface area (Å²) in [6, 6.07) is 10.9. The van der Waals surface area contributed by atoms with Crippen LogP contribution in [-0.4, -0.2) is 20.9 Å². The number of halogens is 3. The van der Waals surface area contributed by atoms with Crippen LogP contribution in [0.2, 0.25) is 10.0 Å². The maximum atomic E-state index is 14.7. The predicted octanol–water partition coefficient (Wildman–Crippen LogP) is 5.67. The fraction of sp³-hybridized carbons (Fsp3) is 0.0870. The summed E-state index contributed by atoms with van der Waals surface area (Å²) in [6.45, 7) is -0.0173. The standard InChI is InChI=1S/C23H15Cl2FN4O2/c24-15-7-14-5-12(1-3-17(14)27-9-15)6-20-29-11-19(32-20)23(31)30-8-13-2-4-18-21(22(13)26)16(25)10-28-18/h1-5,7,9-11,28H,6,8H2,(H,30,31). The molecule has 5 aromatic rings. The molecule has 5 rings (SSSR count). The van der Waals surface area contributed by atoms with Gasteiger partial charge in [0.15, 0.2) is 5.89 Å². The highest BCUT2D eigenvalue weighted by atomic mass is 35.5. The second kappa shape index (κ2) is 8.26. The van der Waals surface area contributed by atoms with Crippen LogP contribution in [0.15, 0.2) is 59.4 Å². The molecule has 0 aliphatic carbocycles. The first-order valence-electron chi connectivity index (χ1n) is 9.69. The van der Waals surface area contributed by atoms with Crippen LogP contribution in [0, 0.1) is 5.82 Å². The number of hydrogen-bond donors (Lipinski definition) is 2. The van der Waals surface area contributed by atoms with Crippen LogP contribution < -0.4 is 5.32 Å². The van der Waals surface area contributed by atoms with E-state index in [0.717, 1.165) is 16.5 Å². The molecule has 2 N–H and O–H groups in total. The number of carbonyl (C=O) groups excluding carboxylic acids is 1. The normalized spacial score (nSPS) is 11.3. The molecule has 0 atom stereocenters. The molecule has 0 saturated heterocycles. The van der Waals surface area contributed by atoms with Crippen molar-refractivity contribution in [3.8, 4) is 0 Å². The Morgan fingerprint density at radius 3 is 2.88 bits per heavy atom. The molecule has 9 heteroatoms. The molecule has 3 aromatic heterocycles. The third kappa shape index (κ3) is 3.92. The van der Waals surface area contributed by atoms with Gasteiger partial charge in [0.1, 0.15) is 5.82 Å². The van der Waals surface area contributed by atoms with Crippen LogP contribution in [0.25, 0.3) is 21.8 Å². The minimum absolute atomic E-state index is 0.0173. The Kier molecular flexibility index (Phi) is 5.28. The summed E-state index contributed by atoms with van der Waals surface area (Å²) < 4.78 is 20.3. The van der Waals surface area contributed by atoms with Gasteiger partial charge in [0.2, 0.25) is 5.76 Å². The van der Waals surface area contributed by atoms with Gasteiger partial charge >= 0.3 is 0 Å². The van der Waals surface area contributed by atoms with Crippen LogP contribution in [0.5, 0.6) is 0 Å². The Morgan fingerprint density at radius 2 is 2.00 bits per heavy atom. The maximum absolute atomic E-state index is 14.7. The molecule has 0 aliphatic heterocycles. The maximum Gasteiger partial charge on any atom is 0.288 e. The summed E-state index contributed by atoms with van der Waals surface area (Å²) in [5, 5.41) is 4.70. The zero-order valence-corrected chi connectivity index (χ0v) is 18.0. The third-order valence-corrected chi connectivity index (χ3v) is 5.60. The molecular formula is C23H15Cl2FN4O2. The van der Waals surface area contributed by atoms with Gasteiger partial charge < -0.3 is 14.7 Å².